The van der Waals surface area contributed by atoms with Crippen molar-refractivity contribution < 1.29 is 9.53 Å². The molecule has 2 N–H and O–H groups in total. The number of hydrogen-bond donors (Lipinski definition) is 2. The zero-order valence-corrected chi connectivity index (χ0v) is 10.6. The molecule has 0 bridgehead atoms. The summed E-state index contributed by atoms with van der Waals surface area (Å²) in [6, 6.07) is 0.554. The van der Waals surface area contributed by atoms with Crippen LogP contribution in [0.3, 0.4) is 0 Å². The summed E-state index contributed by atoms with van der Waals surface area (Å²) in [7, 11) is 2.13. The highest BCUT2D eigenvalue weighted by Crippen LogP contribution is 2.08. The van der Waals surface area contributed by atoms with Gasteiger partial charge in [0.2, 0.25) is 5.91 Å². The van der Waals surface area contributed by atoms with Gasteiger partial charge >= 0.3 is 0 Å². The monoisotopic (exact) mass is 241 g/mol. The lowest BCUT2D eigenvalue weighted by Crippen LogP contribution is -2.47. The number of carbonyl (C=O) groups is 1. The van der Waals surface area contributed by atoms with Crippen LogP contribution in [0.2, 0.25) is 0 Å². The molecule has 0 aromatic carbocycles. The van der Waals surface area contributed by atoms with Crippen molar-refractivity contribution in [2.45, 2.75) is 31.3 Å². The number of piperidine rings is 1. The van der Waals surface area contributed by atoms with Gasteiger partial charge in [-0.1, -0.05) is 0 Å². The third kappa shape index (κ3) is 4.26. The predicted molar refractivity (Wildman–Crippen MR) is 65.9 cm³/mol. The molecule has 2 aliphatic rings. The second kappa shape index (κ2) is 6.33. The maximum absolute atomic E-state index is 11.8. The summed E-state index contributed by atoms with van der Waals surface area (Å²) in [5.74, 6) is 0.155. The Morgan fingerprint density at radius 3 is 2.88 bits per heavy atom. The standard InChI is InChI=1S/C12H23N3O2/c1-15-5-2-10(3-6-15)14-12(16)8-11-9-17-7-4-13-11/h10-11,13H,2-9H2,1H3,(H,14,16). The summed E-state index contributed by atoms with van der Waals surface area (Å²) in [6.07, 6.45) is 2.67. The molecule has 5 nitrogen and oxygen atoms in total. The van der Waals surface area contributed by atoms with E-state index in [0.717, 1.165) is 39.1 Å². The molecule has 2 saturated heterocycles. The molecular formula is C12H23N3O2. The smallest absolute Gasteiger partial charge is 0.221 e. The molecule has 2 aliphatic heterocycles. The Morgan fingerprint density at radius 1 is 1.47 bits per heavy atom. The average Bonchev–Trinajstić information content (AvgIpc) is 2.33. The van der Waals surface area contributed by atoms with Crippen LogP contribution in [0.15, 0.2) is 0 Å². The van der Waals surface area contributed by atoms with Crippen LogP contribution in [0, 0.1) is 0 Å². The van der Waals surface area contributed by atoms with Crippen LogP contribution in [0.4, 0.5) is 0 Å². The molecule has 2 heterocycles. The molecule has 17 heavy (non-hydrogen) atoms. The van der Waals surface area contributed by atoms with Crippen LogP contribution < -0.4 is 10.6 Å². The van der Waals surface area contributed by atoms with E-state index in [-0.39, 0.29) is 11.9 Å². The molecule has 1 amide bonds. The Balaban J connectivity index is 1.66. The number of rotatable bonds is 3. The maximum atomic E-state index is 11.8. The van der Waals surface area contributed by atoms with Crippen LogP contribution in [-0.4, -0.2) is 62.8 Å². The van der Waals surface area contributed by atoms with Gasteiger partial charge in [0.1, 0.15) is 0 Å². The van der Waals surface area contributed by atoms with Gasteiger partial charge in [-0.05, 0) is 33.0 Å². The summed E-state index contributed by atoms with van der Waals surface area (Å²) in [4.78, 5) is 14.1. The average molecular weight is 241 g/mol. The fourth-order valence-electron chi connectivity index (χ4n) is 2.41. The highest BCUT2D eigenvalue weighted by Gasteiger charge is 2.21. The first-order chi connectivity index (χ1) is 8.24. The molecule has 98 valence electrons. The van der Waals surface area contributed by atoms with Crippen LogP contribution >= 0.6 is 0 Å². The third-order valence-electron chi connectivity index (χ3n) is 3.51. The summed E-state index contributed by atoms with van der Waals surface area (Å²) in [6.45, 7) is 4.42. The normalized spacial score (nSPS) is 27.9. The molecule has 2 fully saturated rings. The highest BCUT2D eigenvalue weighted by molar-refractivity contribution is 5.76. The number of morpholine rings is 1. The summed E-state index contributed by atoms with van der Waals surface area (Å²) < 4.78 is 5.34. The van der Waals surface area contributed by atoms with E-state index in [9.17, 15) is 4.79 Å². The Hall–Kier alpha value is -0.650. The Bertz CT molecular complexity index is 246. The van der Waals surface area contributed by atoms with Gasteiger partial charge in [0.05, 0.1) is 13.2 Å². The molecule has 2 rings (SSSR count). The van der Waals surface area contributed by atoms with Crippen molar-refractivity contribution in [1.82, 2.24) is 15.5 Å². The third-order valence-corrected chi connectivity index (χ3v) is 3.51. The number of hydrogen-bond acceptors (Lipinski definition) is 4. The minimum Gasteiger partial charge on any atom is -0.378 e. The van der Waals surface area contributed by atoms with Gasteiger partial charge in [-0.25, -0.2) is 0 Å². The number of nitrogens with zero attached hydrogens (tertiary/aromatic N) is 1. The van der Waals surface area contributed by atoms with Crippen molar-refractivity contribution in [3.05, 3.63) is 0 Å². The van der Waals surface area contributed by atoms with Crippen molar-refractivity contribution in [3.63, 3.8) is 0 Å². The van der Waals surface area contributed by atoms with E-state index in [2.05, 4.69) is 22.6 Å². The van der Waals surface area contributed by atoms with Crippen LogP contribution in [0.5, 0.6) is 0 Å². The highest BCUT2D eigenvalue weighted by atomic mass is 16.5. The molecular weight excluding hydrogens is 218 g/mol. The van der Waals surface area contributed by atoms with E-state index in [4.69, 9.17) is 4.74 Å². The van der Waals surface area contributed by atoms with Gasteiger partial charge in [0.15, 0.2) is 0 Å². The maximum Gasteiger partial charge on any atom is 0.221 e. The number of carbonyl (C=O) groups excluding carboxylic acids is 1. The van der Waals surface area contributed by atoms with E-state index in [1.54, 1.807) is 0 Å². The van der Waals surface area contributed by atoms with Gasteiger partial charge in [-0.3, -0.25) is 4.79 Å². The van der Waals surface area contributed by atoms with Gasteiger partial charge in [-0.15, -0.1) is 0 Å². The van der Waals surface area contributed by atoms with Gasteiger partial charge in [-0.2, -0.15) is 0 Å². The van der Waals surface area contributed by atoms with E-state index < -0.39 is 0 Å². The zero-order chi connectivity index (χ0) is 12.1. The molecule has 0 radical (unpaired) electrons. The summed E-state index contributed by atoms with van der Waals surface area (Å²) >= 11 is 0. The lowest BCUT2D eigenvalue weighted by molar-refractivity contribution is -0.123. The first-order valence-electron chi connectivity index (χ1n) is 6.53. The number of nitrogens with one attached hydrogen (secondary N) is 2. The van der Waals surface area contributed by atoms with Crippen molar-refractivity contribution in [2.24, 2.45) is 0 Å². The van der Waals surface area contributed by atoms with Crippen LogP contribution in [0.1, 0.15) is 19.3 Å². The Kier molecular flexibility index (Phi) is 4.76. The van der Waals surface area contributed by atoms with Crippen LogP contribution in [0.25, 0.3) is 0 Å². The Morgan fingerprint density at radius 2 is 2.24 bits per heavy atom. The molecule has 0 saturated carbocycles. The lowest BCUT2D eigenvalue weighted by Gasteiger charge is -2.30. The first-order valence-corrected chi connectivity index (χ1v) is 6.53. The SMILES string of the molecule is CN1CCC(NC(=O)CC2COCCN2)CC1. The van der Waals surface area contributed by atoms with Gasteiger partial charge in [0.25, 0.3) is 0 Å². The first kappa shape index (κ1) is 12.8. The fourth-order valence-corrected chi connectivity index (χ4v) is 2.41. The summed E-state index contributed by atoms with van der Waals surface area (Å²) in [5, 5.41) is 6.43. The Labute approximate surface area is 103 Å². The van der Waals surface area contributed by atoms with E-state index in [0.29, 0.717) is 19.1 Å². The second-order valence-electron chi connectivity index (χ2n) is 5.08. The van der Waals surface area contributed by atoms with Crippen molar-refractivity contribution in [1.29, 1.82) is 0 Å². The number of ether oxygens (including phenoxy) is 1. The molecule has 0 aromatic heterocycles. The predicted octanol–water partition coefficient (Wildman–Crippen LogP) is -0.425. The van der Waals surface area contributed by atoms with Crippen LogP contribution in [-0.2, 0) is 9.53 Å². The van der Waals surface area contributed by atoms with Crippen molar-refractivity contribution >= 4 is 5.91 Å². The van der Waals surface area contributed by atoms with Gasteiger partial charge in [0, 0.05) is 25.0 Å². The zero-order valence-electron chi connectivity index (χ0n) is 10.6. The van der Waals surface area contributed by atoms with E-state index in [1.165, 1.54) is 0 Å². The van der Waals surface area contributed by atoms with E-state index >= 15 is 0 Å². The summed E-state index contributed by atoms with van der Waals surface area (Å²) in [5.41, 5.74) is 0. The molecule has 0 aromatic rings. The molecule has 0 spiro atoms. The van der Waals surface area contributed by atoms with Crippen molar-refractivity contribution in [3.8, 4) is 0 Å². The second-order valence-corrected chi connectivity index (χ2v) is 5.08. The largest absolute Gasteiger partial charge is 0.378 e. The topological polar surface area (TPSA) is 53.6 Å². The minimum absolute atomic E-state index is 0.155. The number of likely N-dealkylation sites (tertiary alicyclic amines) is 1. The molecule has 5 heteroatoms. The fraction of sp³-hybridized carbons (Fsp3) is 0.917. The molecule has 0 aliphatic carbocycles. The minimum atomic E-state index is 0.155. The lowest BCUT2D eigenvalue weighted by atomic mass is 10.0. The molecule has 1 unspecified atom stereocenters. The molecule has 1 atom stereocenters. The van der Waals surface area contributed by atoms with Gasteiger partial charge < -0.3 is 20.3 Å². The number of amides is 1. The van der Waals surface area contributed by atoms with Crippen molar-refractivity contribution in [2.75, 3.05) is 39.9 Å². The van der Waals surface area contributed by atoms with E-state index in [1.807, 2.05) is 0 Å². The quantitative estimate of drug-likeness (QED) is 0.704.